The van der Waals surface area contributed by atoms with Crippen molar-refractivity contribution in [1.82, 2.24) is 20.4 Å². The van der Waals surface area contributed by atoms with Crippen molar-refractivity contribution in [2.45, 2.75) is 70.6 Å². The topological polar surface area (TPSA) is 142 Å². The fourth-order valence-corrected chi connectivity index (χ4v) is 3.78. The summed E-state index contributed by atoms with van der Waals surface area (Å²) in [7, 11) is 0. The zero-order valence-electron chi connectivity index (χ0n) is 16.6. The lowest BCUT2D eigenvalue weighted by atomic mass is 10.1. The van der Waals surface area contributed by atoms with Crippen LogP contribution in [-0.4, -0.2) is 76.6 Å². The molecule has 0 aliphatic carbocycles. The minimum Gasteiger partial charge on any atom is -0.368 e. The van der Waals surface area contributed by atoms with E-state index >= 15 is 0 Å². The van der Waals surface area contributed by atoms with Gasteiger partial charge in [0.05, 0.1) is 0 Å². The predicted molar refractivity (Wildman–Crippen MR) is 99.5 cm³/mol. The number of amides is 5. The van der Waals surface area contributed by atoms with Gasteiger partial charge in [-0.25, -0.2) is 0 Å². The highest BCUT2D eigenvalue weighted by atomic mass is 16.2. The first kappa shape index (κ1) is 21.6. The van der Waals surface area contributed by atoms with Crippen LogP contribution in [0.4, 0.5) is 0 Å². The van der Waals surface area contributed by atoms with Gasteiger partial charge in [-0.3, -0.25) is 24.0 Å². The predicted octanol–water partition coefficient (Wildman–Crippen LogP) is -1.52. The molecule has 0 aromatic carbocycles. The molecule has 0 aromatic rings. The van der Waals surface area contributed by atoms with E-state index in [2.05, 4.69) is 10.6 Å². The molecule has 0 saturated carbocycles. The Labute approximate surface area is 164 Å². The van der Waals surface area contributed by atoms with E-state index in [1.807, 2.05) is 0 Å². The maximum Gasteiger partial charge on any atom is 0.246 e. The van der Waals surface area contributed by atoms with Crippen molar-refractivity contribution in [3.8, 4) is 0 Å². The van der Waals surface area contributed by atoms with Crippen LogP contribution in [0.15, 0.2) is 0 Å². The lowest BCUT2D eigenvalue weighted by Crippen LogP contribution is -2.56. The van der Waals surface area contributed by atoms with Crippen molar-refractivity contribution >= 4 is 29.5 Å². The number of hydrogen-bond acceptors (Lipinski definition) is 5. The molecule has 0 spiro atoms. The van der Waals surface area contributed by atoms with Crippen LogP contribution in [0.2, 0.25) is 0 Å². The number of likely N-dealkylation sites (tertiary alicyclic amines) is 2. The third kappa shape index (κ3) is 4.79. The summed E-state index contributed by atoms with van der Waals surface area (Å²) in [5.41, 5.74) is 5.18. The molecule has 28 heavy (non-hydrogen) atoms. The zero-order chi connectivity index (χ0) is 21.0. The largest absolute Gasteiger partial charge is 0.368 e. The molecule has 0 radical (unpaired) electrons. The number of nitrogens with zero attached hydrogens (tertiary/aromatic N) is 2. The number of primary amides is 1. The maximum atomic E-state index is 13.1. The standard InChI is InChI=1S/C18H29N5O5/c1-10(15(19)25)21-16(26)13-6-4-8-22(13)18(28)14-7-5-9-23(14)17(27)11(2)20-12(3)24/h10-11,13-14H,4-9H2,1-3H3,(H2,19,25)(H,20,24)(H,21,26). The number of hydrogen-bond donors (Lipinski definition) is 3. The quantitative estimate of drug-likeness (QED) is 0.501. The van der Waals surface area contributed by atoms with Crippen LogP contribution in [-0.2, 0) is 24.0 Å². The molecule has 10 heteroatoms. The molecular formula is C18H29N5O5. The zero-order valence-corrected chi connectivity index (χ0v) is 16.6. The molecule has 2 aliphatic heterocycles. The maximum absolute atomic E-state index is 13.1. The van der Waals surface area contributed by atoms with E-state index in [9.17, 15) is 24.0 Å². The molecule has 4 N–H and O–H groups in total. The summed E-state index contributed by atoms with van der Waals surface area (Å²) in [5.74, 6) is -1.97. The Morgan fingerprint density at radius 1 is 0.893 bits per heavy atom. The van der Waals surface area contributed by atoms with Crippen molar-refractivity contribution in [3.63, 3.8) is 0 Å². The number of rotatable bonds is 6. The van der Waals surface area contributed by atoms with E-state index in [1.165, 1.54) is 23.6 Å². The van der Waals surface area contributed by atoms with Gasteiger partial charge in [-0.2, -0.15) is 0 Å². The van der Waals surface area contributed by atoms with Gasteiger partial charge in [-0.05, 0) is 39.5 Å². The minimum absolute atomic E-state index is 0.273. The first-order valence-corrected chi connectivity index (χ1v) is 9.61. The minimum atomic E-state index is -0.826. The fourth-order valence-electron chi connectivity index (χ4n) is 3.78. The van der Waals surface area contributed by atoms with E-state index in [0.717, 1.165) is 0 Å². The molecule has 4 atom stereocenters. The Hall–Kier alpha value is -2.65. The van der Waals surface area contributed by atoms with E-state index in [-0.39, 0.29) is 17.7 Å². The van der Waals surface area contributed by atoms with Crippen molar-refractivity contribution in [3.05, 3.63) is 0 Å². The third-order valence-electron chi connectivity index (χ3n) is 5.24. The Morgan fingerprint density at radius 3 is 2.04 bits per heavy atom. The lowest BCUT2D eigenvalue weighted by Gasteiger charge is -2.32. The van der Waals surface area contributed by atoms with Crippen LogP contribution in [0, 0.1) is 0 Å². The number of nitrogens with two attached hydrogens (primary N) is 1. The van der Waals surface area contributed by atoms with Crippen LogP contribution in [0.1, 0.15) is 46.5 Å². The molecule has 2 saturated heterocycles. The van der Waals surface area contributed by atoms with Crippen molar-refractivity contribution in [1.29, 1.82) is 0 Å². The second-order valence-corrected chi connectivity index (χ2v) is 7.43. The summed E-state index contributed by atoms with van der Waals surface area (Å²) in [6.07, 6.45) is 2.35. The average Bonchev–Trinajstić information content (AvgIpc) is 3.29. The number of carbonyl (C=O) groups is 5. The summed E-state index contributed by atoms with van der Waals surface area (Å²) < 4.78 is 0. The van der Waals surface area contributed by atoms with Crippen LogP contribution in [0.3, 0.4) is 0 Å². The van der Waals surface area contributed by atoms with E-state index in [4.69, 9.17) is 5.73 Å². The highest BCUT2D eigenvalue weighted by Gasteiger charge is 2.43. The van der Waals surface area contributed by atoms with Gasteiger partial charge in [0.15, 0.2) is 0 Å². The van der Waals surface area contributed by atoms with Gasteiger partial charge in [-0.15, -0.1) is 0 Å². The molecule has 4 unspecified atom stereocenters. The normalized spacial score (nSPS) is 23.8. The van der Waals surface area contributed by atoms with Gasteiger partial charge in [0.25, 0.3) is 0 Å². The third-order valence-corrected chi connectivity index (χ3v) is 5.24. The van der Waals surface area contributed by atoms with Gasteiger partial charge < -0.3 is 26.2 Å². The number of carbonyl (C=O) groups excluding carboxylic acids is 5. The summed E-state index contributed by atoms with van der Waals surface area (Å²) in [4.78, 5) is 63.6. The van der Waals surface area contributed by atoms with Gasteiger partial charge in [-0.1, -0.05) is 0 Å². The average molecular weight is 395 g/mol. The lowest BCUT2D eigenvalue weighted by molar-refractivity contribution is -0.147. The Bertz CT molecular complexity index is 667. The monoisotopic (exact) mass is 395 g/mol. The van der Waals surface area contributed by atoms with Crippen molar-refractivity contribution < 1.29 is 24.0 Å². The second-order valence-electron chi connectivity index (χ2n) is 7.43. The Balaban J connectivity index is 2.08. The van der Waals surface area contributed by atoms with E-state index in [0.29, 0.717) is 38.8 Å². The highest BCUT2D eigenvalue weighted by Crippen LogP contribution is 2.25. The van der Waals surface area contributed by atoms with Gasteiger partial charge in [0.2, 0.25) is 29.5 Å². The molecule has 0 aromatic heterocycles. The molecule has 0 bridgehead atoms. The number of nitrogens with one attached hydrogen (secondary N) is 2. The van der Waals surface area contributed by atoms with Gasteiger partial charge in [0.1, 0.15) is 24.2 Å². The highest BCUT2D eigenvalue weighted by molar-refractivity contribution is 5.95. The summed E-state index contributed by atoms with van der Waals surface area (Å²) in [6, 6.07) is -2.88. The molecule has 2 rings (SSSR count). The first-order valence-electron chi connectivity index (χ1n) is 9.61. The Kier molecular flexibility index (Phi) is 6.98. The molecule has 156 valence electrons. The summed E-state index contributed by atoms with van der Waals surface area (Å²) in [5, 5.41) is 5.08. The summed E-state index contributed by atoms with van der Waals surface area (Å²) >= 11 is 0. The first-order chi connectivity index (χ1) is 13.1. The molecule has 2 fully saturated rings. The van der Waals surface area contributed by atoms with E-state index < -0.39 is 36.0 Å². The van der Waals surface area contributed by atoms with Crippen LogP contribution < -0.4 is 16.4 Å². The van der Waals surface area contributed by atoms with E-state index in [1.54, 1.807) is 6.92 Å². The van der Waals surface area contributed by atoms with Crippen LogP contribution in [0.5, 0.6) is 0 Å². The van der Waals surface area contributed by atoms with Crippen LogP contribution >= 0.6 is 0 Å². The molecular weight excluding hydrogens is 366 g/mol. The van der Waals surface area contributed by atoms with Crippen molar-refractivity contribution in [2.75, 3.05) is 13.1 Å². The molecule has 2 aliphatic rings. The van der Waals surface area contributed by atoms with Crippen molar-refractivity contribution in [2.24, 2.45) is 5.73 Å². The second kappa shape index (κ2) is 9.03. The fraction of sp³-hybridized carbons (Fsp3) is 0.722. The SMILES string of the molecule is CC(=O)NC(C)C(=O)N1CCCC1C(=O)N1CCCC1C(=O)NC(C)C(N)=O. The smallest absolute Gasteiger partial charge is 0.246 e. The molecule has 2 heterocycles. The molecule has 10 nitrogen and oxygen atoms in total. The van der Waals surface area contributed by atoms with Gasteiger partial charge in [0, 0.05) is 20.0 Å². The Morgan fingerprint density at radius 2 is 1.46 bits per heavy atom. The molecule has 5 amide bonds. The summed E-state index contributed by atoms with van der Waals surface area (Å²) in [6.45, 7) is 5.25. The van der Waals surface area contributed by atoms with Gasteiger partial charge >= 0.3 is 0 Å². The van der Waals surface area contributed by atoms with Crippen LogP contribution in [0.25, 0.3) is 0 Å².